The summed E-state index contributed by atoms with van der Waals surface area (Å²) in [6.07, 6.45) is 1.52. The predicted molar refractivity (Wildman–Crippen MR) is 61.5 cm³/mol. The third-order valence-electron chi connectivity index (χ3n) is 2.42. The Kier molecular flexibility index (Phi) is 3.38. The molecule has 0 radical (unpaired) electrons. The van der Waals surface area contributed by atoms with Gasteiger partial charge in [0.25, 0.3) is 11.7 Å². The number of nitrogens with one attached hydrogen (secondary N) is 1. The molecule has 0 aliphatic heterocycles. The number of aliphatic hydroxyl groups is 1. The Morgan fingerprint density at radius 2 is 2.26 bits per heavy atom. The lowest BCUT2D eigenvalue weighted by molar-refractivity contribution is -0.140. The van der Waals surface area contributed by atoms with Gasteiger partial charge in [-0.3, -0.25) is 4.79 Å². The highest BCUT2D eigenvalue weighted by atomic mass is 16.4. The number of fused-ring (bicyclic) bond motifs is 1. The summed E-state index contributed by atoms with van der Waals surface area (Å²) in [5, 5.41) is 23.6. The normalized spacial score (nSPS) is 12.3. The Hall–Kier alpha value is -2.55. The summed E-state index contributed by atoms with van der Waals surface area (Å²) in [6.45, 7) is 1.05. The van der Waals surface area contributed by atoms with Crippen molar-refractivity contribution in [1.29, 1.82) is 0 Å². The van der Waals surface area contributed by atoms with Crippen LogP contribution in [0.4, 0.5) is 0 Å². The van der Waals surface area contributed by atoms with Crippen molar-refractivity contribution < 1.29 is 19.8 Å². The fourth-order valence-electron chi connectivity index (χ4n) is 1.41. The van der Waals surface area contributed by atoms with Crippen LogP contribution in [-0.2, 0) is 4.79 Å². The molecule has 0 bridgehead atoms. The van der Waals surface area contributed by atoms with Crippen LogP contribution >= 0.6 is 0 Å². The van der Waals surface area contributed by atoms with E-state index in [4.69, 9.17) is 10.2 Å². The molecule has 2 heterocycles. The van der Waals surface area contributed by atoms with Gasteiger partial charge in [-0.2, -0.15) is 4.98 Å². The zero-order valence-corrected chi connectivity index (χ0v) is 9.94. The second-order valence-electron chi connectivity index (χ2n) is 3.78. The molecule has 0 saturated heterocycles. The van der Waals surface area contributed by atoms with Crippen molar-refractivity contribution in [3.8, 4) is 0 Å². The van der Waals surface area contributed by atoms with Gasteiger partial charge in [-0.25, -0.2) is 14.3 Å². The second kappa shape index (κ2) is 4.98. The molecule has 0 aliphatic carbocycles. The zero-order valence-electron chi connectivity index (χ0n) is 9.94. The standard InChI is InChI=1S/C10H11N5O4/c1-5-2-3-11-10-13-7(14-15(5)10)8(17)12-6(4-16)9(18)19/h2-3,6,16H,4H2,1H3,(H,12,17)(H,18,19)/t6-/m1/s1. The van der Waals surface area contributed by atoms with Crippen LogP contribution < -0.4 is 5.32 Å². The van der Waals surface area contributed by atoms with Crippen molar-refractivity contribution in [2.75, 3.05) is 6.61 Å². The summed E-state index contributed by atoms with van der Waals surface area (Å²) in [6, 6.07) is 0.296. The number of carbonyl (C=O) groups excluding carboxylic acids is 1. The van der Waals surface area contributed by atoms with Crippen LogP contribution in [0.5, 0.6) is 0 Å². The Morgan fingerprint density at radius 3 is 2.84 bits per heavy atom. The third-order valence-corrected chi connectivity index (χ3v) is 2.42. The van der Waals surface area contributed by atoms with E-state index in [0.29, 0.717) is 0 Å². The highest BCUT2D eigenvalue weighted by Gasteiger charge is 2.22. The smallest absolute Gasteiger partial charge is 0.328 e. The van der Waals surface area contributed by atoms with Gasteiger partial charge in [0.2, 0.25) is 5.82 Å². The molecule has 9 heteroatoms. The number of aromatic nitrogens is 4. The minimum Gasteiger partial charge on any atom is -0.480 e. The molecule has 9 nitrogen and oxygen atoms in total. The Balaban J connectivity index is 2.27. The van der Waals surface area contributed by atoms with Crippen LogP contribution in [0.3, 0.4) is 0 Å². The molecule has 0 unspecified atom stereocenters. The Morgan fingerprint density at radius 1 is 1.53 bits per heavy atom. The molecule has 2 aromatic rings. The number of carboxylic acids is 1. The lowest BCUT2D eigenvalue weighted by atomic mass is 10.3. The number of aryl methyl sites for hydroxylation is 1. The molecule has 0 aliphatic rings. The summed E-state index contributed by atoms with van der Waals surface area (Å²) in [5.74, 6) is -2.09. The van der Waals surface area contributed by atoms with E-state index in [2.05, 4.69) is 20.4 Å². The van der Waals surface area contributed by atoms with Gasteiger partial charge in [-0.1, -0.05) is 0 Å². The van der Waals surface area contributed by atoms with Gasteiger partial charge in [-0.05, 0) is 13.0 Å². The van der Waals surface area contributed by atoms with Gasteiger partial charge in [0.05, 0.1) is 6.61 Å². The Bertz CT molecular complexity index is 638. The fourth-order valence-corrected chi connectivity index (χ4v) is 1.41. The Labute approximate surface area is 106 Å². The van der Waals surface area contributed by atoms with Gasteiger partial charge in [-0.15, -0.1) is 5.10 Å². The third kappa shape index (κ3) is 2.50. The zero-order chi connectivity index (χ0) is 14.0. The maximum absolute atomic E-state index is 11.7. The van der Waals surface area contributed by atoms with E-state index >= 15 is 0 Å². The molecule has 0 aromatic carbocycles. The van der Waals surface area contributed by atoms with Crippen LogP contribution in [0, 0.1) is 6.92 Å². The molecule has 0 fully saturated rings. The van der Waals surface area contributed by atoms with Crippen LogP contribution in [0.15, 0.2) is 12.3 Å². The van der Waals surface area contributed by atoms with E-state index < -0.39 is 24.5 Å². The molecule has 0 spiro atoms. The molecular weight excluding hydrogens is 254 g/mol. The average molecular weight is 265 g/mol. The first-order chi connectivity index (χ1) is 9.02. The number of hydrogen-bond donors (Lipinski definition) is 3. The summed E-state index contributed by atoms with van der Waals surface area (Å²) in [7, 11) is 0. The van der Waals surface area contributed by atoms with Gasteiger partial charge < -0.3 is 15.5 Å². The number of amides is 1. The molecule has 1 atom stereocenters. The van der Waals surface area contributed by atoms with E-state index in [1.807, 2.05) is 0 Å². The largest absolute Gasteiger partial charge is 0.480 e. The highest BCUT2D eigenvalue weighted by molar-refractivity contribution is 5.93. The SMILES string of the molecule is Cc1ccnc2nc(C(=O)N[C@H](CO)C(=O)O)nn12. The lowest BCUT2D eigenvalue weighted by Gasteiger charge is -2.09. The van der Waals surface area contributed by atoms with Gasteiger partial charge in [0, 0.05) is 11.9 Å². The van der Waals surface area contributed by atoms with Crippen molar-refractivity contribution in [3.05, 3.63) is 23.8 Å². The van der Waals surface area contributed by atoms with Gasteiger partial charge in [0.1, 0.15) is 0 Å². The summed E-state index contributed by atoms with van der Waals surface area (Å²) in [4.78, 5) is 30.2. The van der Waals surface area contributed by atoms with Crippen LogP contribution in [-0.4, -0.2) is 54.3 Å². The molecule has 19 heavy (non-hydrogen) atoms. The van der Waals surface area contributed by atoms with Crippen molar-refractivity contribution in [2.45, 2.75) is 13.0 Å². The second-order valence-corrected chi connectivity index (χ2v) is 3.78. The van der Waals surface area contributed by atoms with Crippen LogP contribution in [0.25, 0.3) is 5.78 Å². The summed E-state index contributed by atoms with van der Waals surface area (Å²) < 4.78 is 1.36. The topological polar surface area (TPSA) is 130 Å². The summed E-state index contributed by atoms with van der Waals surface area (Å²) in [5.41, 5.74) is 0.730. The number of aliphatic hydroxyl groups excluding tert-OH is 1. The number of aliphatic carboxylic acids is 1. The molecule has 2 rings (SSSR count). The van der Waals surface area contributed by atoms with E-state index in [0.717, 1.165) is 5.69 Å². The fraction of sp³-hybridized carbons (Fsp3) is 0.300. The molecule has 100 valence electrons. The first-order valence-electron chi connectivity index (χ1n) is 5.36. The van der Waals surface area contributed by atoms with Crippen LogP contribution in [0.2, 0.25) is 0 Å². The molecular formula is C10H11N5O4. The highest BCUT2D eigenvalue weighted by Crippen LogP contribution is 2.02. The summed E-state index contributed by atoms with van der Waals surface area (Å²) >= 11 is 0. The van der Waals surface area contributed by atoms with Crippen molar-refractivity contribution in [2.24, 2.45) is 0 Å². The molecule has 1 amide bonds. The lowest BCUT2D eigenvalue weighted by Crippen LogP contribution is -2.43. The van der Waals surface area contributed by atoms with E-state index in [1.165, 1.54) is 10.7 Å². The maximum atomic E-state index is 11.7. The van der Waals surface area contributed by atoms with E-state index in [1.54, 1.807) is 13.0 Å². The maximum Gasteiger partial charge on any atom is 0.328 e. The predicted octanol–water partition coefficient (Wildman–Crippen LogP) is -1.39. The average Bonchev–Trinajstić information content (AvgIpc) is 2.80. The quantitative estimate of drug-likeness (QED) is 0.620. The molecule has 0 saturated carbocycles. The number of carbonyl (C=O) groups is 2. The number of carboxylic acid groups (broad SMARTS) is 1. The molecule has 3 N–H and O–H groups in total. The van der Waals surface area contributed by atoms with Crippen molar-refractivity contribution in [1.82, 2.24) is 24.9 Å². The van der Waals surface area contributed by atoms with Gasteiger partial charge >= 0.3 is 5.97 Å². The first-order valence-corrected chi connectivity index (χ1v) is 5.36. The van der Waals surface area contributed by atoms with Crippen molar-refractivity contribution >= 4 is 17.7 Å². The minimum atomic E-state index is -1.40. The monoisotopic (exact) mass is 265 g/mol. The number of nitrogens with zero attached hydrogens (tertiary/aromatic N) is 4. The van der Waals surface area contributed by atoms with Crippen molar-refractivity contribution in [3.63, 3.8) is 0 Å². The van der Waals surface area contributed by atoms with E-state index in [-0.39, 0.29) is 11.6 Å². The van der Waals surface area contributed by atoms with Gasteiger partial charge in [0.15, 0.2) is 6.04 Å². The van der Waals surface area contributed by atoms with Crippen LogP contribution in [0.1, 0.15) is 16.3 Å². The number of hydrogen-bond acceptors (Lipinski definition) is 6. The van der Waals surface area contributed by atoms with E-state index in [9.17, 15) is 9.59 Å². The minimum absolute atomic E-state index is 0.207. The molecule has 2 aromatic heterocycles. The first kappa shape index (κ1) is 12.9. The number of rotatable bonds is 4.